The first kappa shape index (κ1) is 18.0. The summed E-state index contributed by atoms with van der Waals surface area (Å²) in [5, 5.41) is 0. The Kier molecular flexibility index (Phi) is 5.82. The van der Waals surface area contributed by atoms with Crippen molar-refractivity contribution in [3.8, 4) is 11.1 Å². The van der Waals surface area contributed by atoms with E-state index < -0.39 is 0 Å². The summed E-state index contributed by atoms with van der Waals surface area (Å²) in [5.41, 5.74) is 3.13. The third kappa shape index (κ3) is 4.07. The minimum atomic E-state index is 0.102. The van der Waals surface area contributed by atoms with Gasteiger partial charge in [-0.1, -0.05) is 30.3 Å². The molecule has 1 fully saturated rings. The van der Waals surface area contributed by atoms with Crippen LogP contribution in [-0.4, -0.2) is 55.2 Å². The molecular weight excluding hydrogens is 328 g/mol. The van der Waals surface area contributed by atoms with Crippen molar-refractivity contribution in [2.24, 2.45) is 0 Å². The van der Waals surface area contributed by atoms with Crippen LogP contribution < -0.4 is 0 Å². The molecule has 1 atom stereocenters. The highest BCUT2D eigenvalue weighted by Gasteiger charge is 2.24. The van der Waals surface area contributed by atoms with E-state index >= 15 is 0 Å². The second-order valence-electron chi connectivity index (χ2n) is 6.74. The second-order valence-corrected chi connectivity index (χ2v) is 7.59. The van der Waals surface area contributed by atoms with Crippen molar-refractivity contribution in [2.75, 3.05) is 33.4 Å². The highest BCUT2D eigenvalue weighted by atomic mass is 32.2. The Morgan fingerprint density at radius 1 is 1.20 bits per heavy atom. The zero-order chi connectivity index (χ0) is 17.8. The van der Waals surface area contributed by atoms with E-state index in [0.717, 1.165) is 24.2 Å². The molecule has 132 valence electrons. The molecule has 1 amide bonds. The Balaban J connectivity index is 1.72. The molecule has 0 bridgehead atoms. The molecule has 0 aliphatic carbocycles. The third-order valence-electron chi connectivity index (χ3n) is 5.05. The summed E-state index contributed by atoms with van der Waals surface area (Å²) in [6, 6.07) is 16.9. The Labute approximate surface area is 155 Å². The monoisotopic (exact) mass is 354 g/mol. The molecule has 0 unspecified atom stereocenters. The van der Waals surface area contributed by atoms with Crippen LogP contribution in [0.15, 0.2) is 53.4 Å². The van der Waals surface area contributed by atoms with E-state index in [0.29, 0.717) is 6.04 Å². The van der Waals surface area contributed by atoms with E-state index in [4.69, 9.17) is 0 Å². The fourth-order valence-corrected chi connectivity index (χ4v) is 4.13. The highest BCUT2D eigenvalue weighted by molar-refractivity contribution is 7.98. The average molecular weight is 355 g/mol. The van der Waals surface area contributed by atoms with Crippen molar-refractivity contribution in [1.82, 2.24) is 9.80 Å². The lowest BCUT2D eigenvalue weighted by molar-refractivity contribution is 0.0761. The van der Waals surface area contributed by atoms with Crippen LogP contribution in [-0.2, 0) is 0 Å². The van der Waals surface area contributed by atoms with Gasteiger partial charge in [0.15, 0.2) is 0 Å². The van der Waals surface area contributed by atoms with Crippen molar-refractivity contribution in [1.29, 1.82) is 0 Å². The zero-order valence-corrected chi connectivity index (χ0v) is 16.1. The number of amides is 1. The third-order valence-corrected chi connectivity index (χ3v) is 5.85. The molecule has 1 heterocycles. The van der Waals surface area contributed by atoms with E-state index in [1.807, 2.05) is 24.1 Å². The summed E-state index contributed by atoms with van der Waals surface area (Å²) in [4.78, 5) is 18.2. The van der Waals surface area contributed by atoms with Crippen LogP contribution in [0.1, 0.15) is 23.2 Å². The van der Waals surface area contributed by atoms with Crippen LogP contribution >= 0.6 is 11.8 Å². The molecule has 1 aliphatic heterocycles. The van der Waals surface area contributed by atoms with Crippen molar-refractivity contribution < 1.29 is 4.79 Å². The smallest absolute Gasteiger partial charge is 0.253 e. The lowest BCUT2D eigenvalue weighted by Gasteiger charge is -2.26. The van der Waals surface area contributed by atoms with Crippen LogP contribution in [0.4, 0.5) is 0 Å². The average Bonchev–Trinajstić information content (AvgIpc) is 3.05. The molecule has 0 N–H and O–H groups in total. The molecule has 3 nitrogen and oxygen atoms in total. The Morgan fingerprint density at radius 2 is 1.92 bits per heavy atom. The van der Waals surface area contributed by atoms with Gasteiger partial charge in [-0.05, 0) is 62.0 Å². The van der Waals surface area contributed by atoms with Crippen molar-refractivity contribution in [3.63, 3.8) is 0 Å². The van der Waals surface area contributed by atoms with Crippen LogP contribution in [0, 0.1) is 0 Å². The van der Waals surface area contributed by atoms with Gasteiger partial charge < -0.3 is 9.80 Å². The first-order valence-corrected chi connectivity index (χ1v) is 10.0. The van der Waals surface area contributed by atoms with E-state index in [2.05, 4.69) is 54.6 Å². The number of hydrogen-bond acceptors (Lipinski definition) is 3. The predicted molar refractivity (Wildman–Crippen MR) is 106 cm³/mol. The van der Waals surface area contributed by atoms with Crippen molar-refractivity contribution >= 4 is 17.7 Å². The van der Waals surface area contributed by atoms with Crippen LogP contribution in [0.2, 0.25) is 0 Å². The summed E-state index contributed by atoms with van der Waals surface area (Å²) >= 11 is 1.74. The number of thioether (sulfide) groups is 1. The molecule has 0 aromatic heterocycles. The normalized spacial score (nSPS) is 17.6. The molecule has 2 aromatic rings. The summed E-state index contributed by atoms with van der Waals surface area (Å²) in [6.07, 6.45) is 4.50. The highest BCUT2D eigenvalue weighted by Crippen LogP contribution is 2.30. The minimum Gasteiger partial charge on any atom is -0.340 e. The lowest BCUT2D eigenvalue weighted by atomic mass is 10.0. The first-order chi connectivity index (χ1) is 12.1. The zero-order valence-electron chi connectivity index (χ0n) is 15.2. The Morgan fingerprint density at radius 3 is 2.56 bits per heavy atom. The number of nitrogens with zero attached hydrogens (tertiary/aromatic N) is 2. The van der Waals surface area contributed by atoms with Gasteiger partial charge >= 0.3 is 0 Å². The number of carbonyl (C=O) groups is 1. The molecule has 1 saturated heterocycles. The molecule has 0 spiro atoms. The fourth-order valence-electron chi connectivity index (χ4n) is 3.50. The molecule has 1 aliphatic rings. The number of benzene rings is 2. The molecule has 2 aromatic carbocycles. The van der Waals surface area contributed by atoms with Crippen molar-refractivity contribution in [2.45, 2.75) is 23.8 Å². The number of likely N-dealkylation sites (N-methyl/N-ethyl adjacent to an activating group) is 2. The maximum absolute atomic E-state index is 12.7. The molecule has 25 heavy (non-hydrogen) atoms. The Bertz CT molecular complexity index is 729. The van der Waals surface area contributed by atoms with Gasteiger partial charge in [0.2, 0.25) is 0 Å². The largest absolute Gasteiger partial charge is 0.340 e. The fraction of sp³-hybridized carbons (Fsp3) is 0.381. The van der Waals surface area contributed by atoms with Gasteiger partial charge in [-0.15, -0.1) is 11.8 Å². The van der Waals surface area contributed by atoms with Gasteiger partial charge in [-0.3, -0.25) is 4.79 Å². The predicted octanol–water partition coefficient (Wildman–Crippen LogP) is 4.24. The van der Waals surface area contributed by atoms with Gasteiger partial charge in [0, 0.05) is 30.1 Å². The second kappa shape index (κ2) is 8.07. The van der Waals surface area contributed by atoms with Crippen LogP contribution in [0.3, 0.4) is 0 Å². The molecular formula is C21H26N2OS. The number of carbonyl (C=O) groups excluding carboxylic acids is 1. The number of likely N-dealkylation sites (tertiary alicyclic amines) is 1. The van der Waals surface area contributed by atoms with Gasteiger partial charge in [0.25, 0.3) is 5.91 Å². The molecule has 0 radical (unpaired) electrons. The van der Waals surface area contributed by atoms with Gasteiger partial charge in [-0.2, -0.15) is 0 Å². The van der Waals surface area contributed by atoms with Gasteiger partial charge in [0.1, 0.15) is 0 Å². The van der Waals surface area contributed by atoms with E-state index in [9.17, 15) is 4.79 Å². The summed E-state index contributed by atoms with van der Waals surface area (Å²) in [6.45, 7) is 1.93. The maximum atomic E-state index is 12.7. The van der Waals surface area contributed by atoms with E-state index in [-0.39, 0.29) is 5.91 Å². The topological polar surface area (TPSA) is 23.6 Å². The minimum absolute atomic E-state index is 0.102. The number of rotatable bonds is 5. The first-order valence-electron chi connectivity index (χ1n) is 8.79. The summed E-state index contributed by atoms with van der Waals surface area (Å²) in [7, 11) is 4.05. The molecule has 0 saturated carbocycles. The number of hydrogen-bond donors (Lipinski definition) is 0. The SMILES string of the molecule is CSc1ccccc1-c1ccc(C(=O)N(C)C[C@@H]2CCCN2C)cc1. The lowest BCUT2D eigenvalue weighted by Crippen LogP contribution is -2.39. The van der Waals surface area contributed by atoms with Crippen molar-refractivity contribution in [3.05, 3.63) is 54.1 Å². The maximum Gasteiger partial charge on any atom is 0.253 e. The summed E-state index contributed by atoms with van der Waals surface area (Å²) in [5.74, 6) is 0.102. The summed E-state index contributed by atoms with van der Waals surface area (Å²) < 4.78 is 0. The van der Waals surface area contributed by atoms with Gasteiger partial charge in [0.05, 0.1) is 0 Å². The quantitative estimate of drug-likeness (QED) is 0.750. The molecule has 3 rings (SSSR count). The van der Waals surface area contributed by atoms with E-state index in [1.165, 1.54) is 23.3 Å². The molecule has 4 heteroatoms. The van der Waals surface area contributed by atoms with E-state index in [1.54, 1.807) is 11.8 Å². The van der Waals surface area contributed by atoms with Crippen LogP contribution in [0.25, 0.3) is 11.1 Å². The van der Waals surface area contributed by atoms with Gasteiger partial charge in [-0.25, -0.2) is 0 Å². The van der Waals surface area contributed by atoms with Crippen LogP contribution in [0.5, 0.6) is 0 Å². The standard InChI is InChI=1S/C21H26N2OS/c1-22-14-6-7-18(22)15-23(2)21(24)17-12-10-16(11-13-17)19-8-4-5-9-20(19)25-3/h4-5,8-13,18H,6-7,14-15H2,1-3H3/t18-/m0/s1. The Hall–Kier alpha value is -1.78.